The van der Waals surface area contributed by atoms with Crippen molar-refractivity contribution in [3.8, 4) is 5.75 Å². The molecular formula is C13H18Br2ClN5OS. The van der Waals surface area contributed by atoms with Crippen molar-refractivity contribution in [1.29, 1.82) is 0 Å². The quantitative estimate of drug-likeness (QED) is 0.455. The van der Waals surface area contributed by atoms with Crippen LogP contribution in [0.25, 0.3) is 0 Å². The molecule has 0 saturated heterocycles. The Bertz CT molecular complexity index is 605. The van der Waals surface area contributed by atoms with E-state index in [1.165, 1.54) is 5.56 Å². The average Bonchev–Trinajstić information content (AvgIpc) is 2.88. The highest BCUT2D eigenvalue weighted by molar-refractivity contribution is 9.11. The number of nitrogens with one attached hydrogen (secondary N) is 1. The van der Waals surface area contributed by atoms with Gasteiger partial charge >= 0.3 is 0 Å². The largest absolute Gasteiger partial charge is 0.492 e. The van der Waals surface area contributed by atoms with E-state index in [0.29, 0.717) is 6.61 Å². The molecule has 10 heteroatoms. The third kappa shape index (κ3) is 6.22. The number of ether oxygens (including phenoxy) is 1. The molecule has 1 heterocycles. The maximum absolute atomic E-state index is 5.58. The van der Waals surface area contributed by atoms with Gasteiger partial charge in [0.1, 0.15) is 5.75 Å². The number of aryl methyl sites for hydroxylation is 1. The molecule has 0 aliphatic carbocycles. The molecule has 6 nitrogen and oxygen atoms in total. The minimum atomic E-state index is 0. The van der Waals surface area contributed by atoms with E-state index in [2.05, 4.69) is 64.8 Å². The highest BCUT2D eigenvalue weighted by Crippen LogP contribution is 2.34. The molecule has 0 spiro atoms. The van der Waals surface area contributed by atoms with Gasteiger partial charge in [0, 0.05) is 25.9 Å². The highest BCUT2D eigenvalue weighted by atomic mass is 79.9. The summed E-state index contributed by atoms with van der Waals surface area (Å²) in [5, 5.41) is 15.6. The number of aromatic nitrogens is 4. The molecule has 0 saturated carbocycles. The van der Waals surface area contributed by atoms with Gasteiger partial charge in [-0.3, -0.25) is 0 Å². The molecule has 0 bridgehead atoms. The normalized spacial score (nSPS) is 10.4. The number of hydrogen-bond acceptors (Lipinski definition) is 6. The maximum atomic E-state index is 5.58. The van der Waals surface area contributed by atoms with Crippen LogP contribution in [-0.4, -0.2) is 39.1 Å². The fourth-order valence-electron chi connectivity index (χ4n) is 1.79. The van der Waals surface area contributed by atoms with E-state index in [1.54, 1.807) is 16.4 Å². The van der Waals surface area contributed by atoms with Gasteiger partial charge in [0.2, 0.25) is 5.16 Å². The lowest BCUT2D eigenvalue weighted by molar-refractivity contribution is 0.336. The summed E-state index contributed by atoms with van der Waals surface area (Å²) in [6.45, 7) is 4.28. The molecule has 0 aliphatic heterocycles. The Labute approximate surface area is 162 Å². The Kier molecular flexibility index (Phi) is 9.45. The summed E-state index contributed by atoms with van der Waals surface area (Å²) in [5.41, 5.74) is 1.19. The van der Waals surface area contributed by atoms with Crippen LogP contribution in [0.4, 0.5) is 0 Å². The molecule has 128 valence electrons. The van der Waals surface area contributed by atoms with Gasteiger partial charge in [-0.05, 0) is 66.9 Å². The van der Waals surface area contributed by atoms with E-state index < -0.39 is 0 Å². The minimum Gasteiger partial charge on any atom is -0.492 e. The zero-order chi connectivity index (χ0) is 15.9. The smallest absolute Gasteiger partial charge is 0.209 e. The second kappa shape index (κ2) is 10.5. The van der Waals surface area contributed by atoms with Crippen molar-refractivity contribution in [3.63, 3.8) is 0 Å². The highest BCUT2D eigenvalue weighted by Gasteiger charge is 2.08. The molecule has 2 rings (SSSR count). The van der Waals surface area contributed by atoms with Crippen LogP contribution in [0.5, 0.6) is 5.75 Å². The number of hydrogen-bond donors (Lipinski definition) is 1. The number of halogens is 3. The molecule has 0 radical (unpaired) electrons. The van der Waals surface area contributed by atoms with Gasteiger partial charge in [0.05, 0.1) is 15.6 Å². The summed E-state index contributed by atoms with van der Waals surface area (Å²) in [5.74, 6) is 1.75. The maximum Gasteiger partial charge on any atom is 0.209 e. The van der Waals surface area contributed by atoms with Crippen LogP contribution >= 0.6 is 56.0 Å². The lowest BCUT2D eigenvalue weighted by Crippen LogP contribution is -2.17. The Morgan fingerprint density at radius 1 is 1.30 bits per heavy atom. The number of nitrogens with zero attached hydrogens (tertiary/aromatic N) is 4. The molecule has 0 aliphatic rings. The molecule has 1 N–H and O–H groups in total. The van der Waals surface area contributed by atoms with Gasteiger partial charge in [-0.1, -0.05) is 11.8 Å². The molecular weight excluding hydrogens is 470 g/mol. The van der Waals surface area contributed by atoms with E-state index in [1.807, 2.05) is 14.0 Å². The topological polar surface area (TPSA) is 64.9 Å². The lowest BCUT2D eigenvalue weighted by Gasteiger charge is -2.11. The fraction of sp³-hybridized carbons (Fsp3) is 0.462. The van der Waals surface area contributed by atoms with Gasteiger partial charge in [0.25, 0.3) is 0 Å². The fourth-order valence-corrected chi connectivity index (χ4v) is 4.04. The van der Waals surface area contributed by atoms with Crippen molar-refractivity contribution >= 4 is 56.0 Å². The van der Waals surface area contributed by atoms with Crippen LogP contribution in [0.3, 0.4) is 0 Å². The molecule has 1 aromatic heterocycles. The summed E-state index contributed by atoms with van der Waals surface area (Å²) in [6, 6.07) is 4.14. The van der Waals surface area contributed by atoms with Crippen molar-refractivity contribution in [1.82, 2.24) is 25.5 Å². The van der Waals surface area contributed by atoms with E-state index >= 15 is 0 Å². The molecule has 1 aromatic carbocycles. The van der Waals surface area contributed by atoms with Crippen LogP contribution in [0, 0.1) is 0 Å². The van der Waals surface area contributed by atoms with E-state index in [9.17, 15) is 0 Å². The van der Waals surface area contributed by atoms with Crippen molar-refractivity contribution in [3.05, 3.63) is 26.6 Å². The van der Waals surface area contributed by atoms with Crippen LogP contribution in [-0.2, 0) is 13.6 Å². The van der Waals surface area contributed by atoms with Crippen molar-refractivity contribution in [2.75, 3.05) is 18.9 Å². The first-order valence-electron chi connectivity index (χ1n) is 6.78. The Morgan fingerprint density at radius 2 is 2.00 bits per heavy atom. The summed E-state index contributed by atoms with van der Waals surface area (Å²) in [4.78, 5) is 0. The van der Waals surface area contributed by atoms with E-state index in [0.717, 1.165) is 38.7 Å². The van der Waals surface area contributed by atoms with Crippen molar-refractivity contribution in [2.45, 2.75) is 18.6 Å². The zero-order valence-corrected chi connectivity index (χ0v) is 17.6. The average molecular weight is 488 g/mol. The van der Waals surface area contributed by atoms with Gasteiger partial charge < -0.3 is 10.1 Å². The molecule has 0 atom stereocenters. The molecule has 0 fully saturated rings. The molecule has 2 aromatic rings. The first-order chi connectivity index (χ1) is 10.6. The van der Waals surface area contributed by atoms with E-state index in [-0.39, 0.29) is 12.4 Å². The second-order valence-corrected chi connectivity index (χ2v) is 7.20. The lowest BCUT2D eigenvalue weighted by atomic mass is 10.2. The summed E-state index contributed by atoms with van der Waals surface area (Å²) in [7, 11) is 1.84. The van der Waals surface area contributed by atoms with Crippen LogP contribution < -0.4 is 10.1 Å². The molecule has 0 amide bonds. The first-order valence-corrected chi connectivity index (χ1v) is 9.35. The first kappa shape index (κ1) is 20.7. The third-order valence-corrected chi connectivity index (χ3v) is 4.96. The third-order valence-electron chi connectivity index (χ3n) is 2.77. The van der Waals surface area contributed by atoms with Crippen molar-refractivity contribution < 1.29 is 4.74 Å². The van der Waals surface area contributed by atoms with E-state index in [4.69, 9.17) is 4.74 Å². The van der Waals surface area contributed by atoms with Crippen LogP contribution in [0.1, 0.15) is 12.5 Å². The Balaban J connectivity index is 0.00000264. The van der Waals surface area contributed by atoms with Crippen molar-refractivity contribution in [2.24, 2.45) is 7.05 Å². The second-order valence-electron chi connectivity index (χ2n) is 4.43. The Hall–Kier alpha value is -0.350. The minimum absolute atomic E-state index is 0. The predicted octanol–water partition coefficient (Wildman–Crippen LogP) is 3.44. The number of rotatable bonds is 8. The monoisotopic (exact) mass is 485 g/mol. The van der Waals surface area contributed by atoms with Gasteiger partial charge in [0.15, 0.2) is 0 Å². The standard InChI is InChI=1S/C13H17Br2N5OS.ClH/c1-3-21-12-10(14)6-9(7-11(12)15)8-16-4-5-22-13-17-18-19-20(13)2;/h6-7,16H,3-5,8H2,1-2H3;1H. The predicted molar refractivity (Wildman–Crippen MR) is 101 cm³/mol. The summed E-state index contributed by atoms with van der Waals surface area (Å²) < 4.78 is 9.17. The number of benzene rings is 1. The number of thioether (sulfide) groups is 1. The van der Waals surface area contributed by atoms with Gasteiger partial charge in [-0.15, -0.1) is 17.5 Å². The van der Waals surface area contributed by atoms with Crippen LogP contribution in [0.15, 0.2) is 26.2 Å². The van der Waals surface area contributed by atoms with Gasteiger partial charge in [-0.25, -0.2) is 4.68 Å². The molecule has 23 heavy (non-hydrogen) atoms. The number of tetrazole rings is 1. The summed E-state index contributed by atoms with van der Waals surface area (Å²) in [6.07, 6.45) is 0. The zero-order valence-electron chi connectivity index (χ0n) is 12.8. The molecule has 0 unspecified atom stereocenters. The Morgan fingerprint density at radius 3 is 2.57 bits per heavy atom. The van der Waals surface area contributed by atoms with Crippen LogP contribution in [0.2, 0.25) is 0 Å². The van der Waals surface area contributed by atoms with Gasteiger partial charge in [-0.2, -0.15) is 0 Å². The SMILES string of the molecule is CCOc1c(Br)cc(CNCCSc2nnnn2C)cc1Br.Cl. The summed E-state index contributed by atoms with van der Waals surface area (Å²) >= 11 is 8.72.